The van der Waals surface area contributed by atoms with Crippen molar-refractivity contribution in [3.63, 3.8) is 0 Å². The lowest BCUT2D eigenvalue weighted by Crippen LogP contribution is -2.32. The Balaban J connectivity index is 1.46. The van der Waals surface area contributed by atoms with Crippen LogP contribution in [-0.2, 0) is 17.6 Å². The highest BCUT2D eigenvalue weighted by atomic mass is 16.1. The number of nitrogen functional groups attached to an aromatic ring is 1. The molecule has 130 valence electrons. The second-order valence-electron chi connectivity index (χ2n) is 7.46. The number of benzene rings is 2. The monoisotopic (exact) mass is 334 g/mol. The summed E-state index contributed by atoms with van der Waals surface area (Å²) in [5.74, 6) is 0.538. The molecular weight excluding hydrogens is 308 g/mol. The molecule has 2 aromatic rings. The summed E-state index contributed by atoms with van der Waals surface area (Å²) in [6.07, 6.45) is 7.21. The molecule has 2 aromatic carbocycles. The summed E-state index contributed by atoms with van der Waals surface area (Å²) in [4.78, 5) is 12.7. The van der Waals surface area contributed by atoms with Crippen molar-refractivity contribution in [1.29, 1.82) is 0 Å². The average molecular weight is 334 g/mol. The third kappa shape index (κ3) is 3.41. The minimum atomic E-state index is 0.135. The van der Waals surface area contributed by atoms with Crippen LogP contribution in [0.1, 0.15) is 66.3 Å². The van der Waals surface area contributed by atoms with Crippen molar-refractivity contribution in [3.8, 4) is 0 Å². The molecular formula is C22H26N2O. The van der Waals surface area contributed by atoms with Crippen molar-refractivity contribution < 1.29 is 4.79 Å². The van der Waals surface area contributed by atoms with Gasteiger partial charge in [-0.2, -0.15) is 0 Å². The van der Waals surface area contributed by atoms with Gasteiger partial charge in [-0.1, -0.05) is 30.3 Å². The highest BCUT2D eigenvalue weighted by Crippen LogP contribution is 2.35. The zero-order valence-corrected chi connectivity index (χ0v) is 14.6. The lowest BCUT2D eigenvalue weighted by molar-refractivity contribution is -0.122. The molecule has 2 atom stereocenters. The molecule has 25 heavy (non-hydrogen) atoms. The molecule has 0 fully saturated rings. The van der Waals surface area contributed by atoms with Gasteiger partial charge in [0.15, 0.2) is 0 Å². The Bertz CT molecular complexity index is 783. The minimum Gasteiger partial charge on any atom is -0.399 e. The highest BCUT2D eigenvalue weighted by molar-refractivity contribution is 5.77. The van der Waals surface area contributed by atoms with Gasteiger partial charge in [0.2, 0.25) is 5.91 Å². The van der Waals surface area contributed by atoms with E-state index in [9.17, 15) is 4.79 Å². The summed E-state index contributed by atoms with van der Waals surface area (Å²) in [6, 6.07) is 14.8. The van der Waals surface area contributed by atoms with Crippen molar-refractivity contribution in [1.82, 2.24) is 5.32 Å². The van der Waals surface area contributed by atoms with E-state index in [1.165, 1.54) is 28.7 Å². The van der Waals surface area contributed by atoms with Crippen LogP contribution >= 0.6 is 0 Å². The van der Waals surface area contributed by atoms with E-state index < -0.39 is 0 Å². The third-order valence-corrected chi connectivity index (χ3v) is 5.74. The molecule has 0 aromatic heterocycles. The SMILES string of the molecule is Nc1ccc2c(c1)CCCC2NC(=O)CC1CCCc2ccccc21. The second-order valence-corrected chi connectivity index (χ2v) is 7.46. The number of anilines is 1. The maximum absolute atomic E-state index is 12.7. The molecule has 0 spiro atoms. The number of amides is 1. The molecule has 0 radical (unpaired) electrons. The van der Waals surface area contributed by atoms with Gasteiger partial charge in [-0.15, -0.1) is 0 Å². The predicted molar refractivity (Wildman–Crippen MR) is 101 cm³/mol. The molecule has 0 bridgehead atoms. The first kappa shape index (κ1) is 16.2. The van der Waals surface area contributed by atoms with E-state index in [1.54, 1.807) is 0 Å². The lowest BCUT2D eigenvalue weighted by atomic mass is 9.81. The topological polar surface area (TPSA) is 55.1 Å². The Morgan fingerprint density at radius 3 is 2.72 bits per heavy atom. The summed E-state index contributed by atoms with van der Waals surface area (Å²) in [5.41, 5.74) is 12.1. The lowest BCUT2D eigenvalue weighted by Gasteiger charge is -2.29. The predicted octanol–water partition coefficient (Wildman–Crippen LogP) is 4.27. The normalized spacial score (nSPS) is 21.9. The molecule has 0 heterocycles. The summed E-state index contributed by atoms with van der Waals surface area (Å²) in [6.45, 7) is 0. The number of carbonyl (C=O) groups excluding carboxylic acids is 1. The standard InChI is InChI=1S/C22H26N2O/c23-18-11-12-20-16(13-18)8-4-10-21(20)24-22(25)14-17-7-3-6-15-5-1-2-9-19(15)17/h1-2,5,9,11-13,17,21H,3-4,6-8,10,14,23H2,(H,24,25). The van der Waals surface area contributed by atoms with Crippen LogP contribution in [0.4, 0.5) is 5.69 Å². The quantitative estimate of drug-likeness (QED) is 0.824. The number of aryl methyl sites for hydroxylation is 2. The zero-order valence-electron chi connectivity index (χ0n) is 14.6. The molecule has 0 aliphatic heterocycles. The van der Waals surface area contributed by atoms with Crippen molar-refractivity contribution >= 4 is 11.6 Å². The van der Waals surface area contributed by atoms with E-state index in [0.29, 0.717) is 12.3 Å². The number of fused-ring (bicyclic) bond motifs is 2. The van der Waals surface area contributed by atoms with Gasteiger partial charge in [-0.25, -0.2) is 0 Å². The van der Waals surface area contributed by atoms with Crippen LogP contribution in [-0.4, -0.2) is 5.91 Å². The average Bonchev–Trinajstić information content (AvgIpc) is 2.62. The summed E-state index contributed by atoms with van der Waals surface area (Å²) < 4.78 is 0. The van der Waals surface area contributed by atoms with Crippen LogP contribution in [0.25, 0.3) is 0 Å². The van der Waals surface area contributed by atoms with Crippen molar-refractivity contribution in [2.45, 2.75) is 56.9 Å². The van der Waals surface area contributed by atoms with Crippen LogP contribution in [0.15, 0.2) is 42.5 Å². The van der Waals surface area contributed by atoms with E-state index in [2.05, 4.69) is 41.7 Å². The molecule has 2 unspecified atom stereocenters. The maximum Gasteiger partial charge on any atom is 0.221 e. The van der Waals surface area contributed by atoms with E-state index in [1.807, 2.05) is 6.07 Å². The second kappa shape index (κ2) is 6.91. The Hall–Kier alpha value is -2.29. The van der Waals surface area contributed by atoms with Crippen molar-refractivity contribution in [2.75, 3.05) is 5.73 Å². The number of nitrogens with one attached hydrogen (secondary N) is 1. The molecule has 3 N–H and O–H groups in total. The first-order valence-corrected chi connectivity index (χ1v) is 9.46. The van der Waals surface area contributed by atoms with Gasteiger partial charge in [-0.3, -0.25) is 4.79 Å². The van der Waals surface area contributed by atoms with E-state index in [0.717, 1.165) is 37.8 Å². The van der Waals surface area contributed by atoms with Crippen molar-refractivity contribution in [2.24, 2.45) is 0 Å². The molecule has 3 nitrogen and oxygen atoms in total. The van der Waals surface area contributed by atoms with E-state index in [-0.39, 0.29) is 11.9 Å². The number of rotatable bonds is 3. The number of hydrogen-bond donors (Lipinski definition) is 2. The third-order valence-electron chi connectivity index (χ3n) is 5.74. The minimum absolute atomic E-state index is 0.135. The van der Waals surface area contributed by atoms with Gasteiger partial charge in [0.25, 0.3) is 0 Å². The maximum atomic E-state index is 12.7. The Morgan fingerprint density at radius 1 is 1.00 bits per heavy atom. The smallest absolute Gasteiger partial charge is 0.221 e. The molecule has 1 amide bonds. The molecule has 2 aliphatic carbocycles. The summed E-state index contributed by atoms with van der Waals surface area (Å²) in [5, 5.41) is 3.29. The van der Waals surface area contributed by atoms with Crippen LogP contribution in [0.5, 0.6) is 0 Å². The molecule has 4 rings (SSSR count). The molecule has 3 heteroatoms. The number of carbonyl (C=O) groups is 1. The Kier molecular flexibility index (Phi) is 4.48. The van der Waals surface area contributed by atoms with Crippen molar-refractivity contribution in [3.05, 3.63) is 64.7 Å². The van der Waals surface area contributed by atoms with E-state index in [4.69, 9.17) is 5.73 Å². The first-order chi connectivity index (χ1) is 12.2. The van der Waals surface area contributed by atoms with Crippen LogP contribution in [0, 0.1) is 0 Å². The first-order valence-electron chi connectivity index (χ1n) is 9.46. The van der Waals surface area contributed by atoms with E-state index >= 15 is 0 Å². The van der Waals surface area contributed by atoms with Gasteiger partial charge in [-0.05, 0) is 78.8 Å². The Labute approximate surface area is 149 Å². The van der Waals surface area contributed by atoms with Gasteiger partial charge < -0.3 is 11.1 Å². The summed E-state index contributed by atoms with van der Waals surface area (Å²) in [7, 11) is 0. The highest BCUT2D eigenvalue weighted by Gasteiger charge is 2.25. The zero-order chi connectivity index (χ0) is 17.2. The largest absolute Gasteiger partial charge is 0.399 e. The fraction of sp³-hybridized carbons (Fsp3) is 0.409. The van der Waals surface area contributed by atoms with Crippen LogP contribution in [0.2, 0.25) is 0 Å². The van der Waals surface area contributed by atoms with Crippen LogP contribution < -0.4 is 11.1 Å². The summed E-state index contributed by atoms with van der Waals surface area (Å²) >= 11 is 0. The molecule has 2 aliphatic rings. The molecule has 0 saturated heterocycles. The van der Waals surface area contributed by atoms with Gasteiger partial charge in [0, 0.05) is 12.1 Å². The van der Waals surface area contributed by atoms with Crippen LogP contribution in [0.3, 0.4) is 0 Å². The fourth-order valence-electron chi connectivity index (χ4n) is 4.53. The molecule has 0 saturated carbocycles. The number of hydrogen-bond acceptors (Lipinski definition) is 2. The van der Waals surface area contributed by atoms with Gasteiger partial charge in [0.1, 0.15) is 0 Å². The fourth-order valence-corrected chi connectivity index (χ4v) is 4.53. The Morgan fingerprint density at radius 2 is 1.80 bits per heavy atom. The van der Waals surface area contributed by atoms with Gasteiger partial charge >= 0.3 is 0 Å². The number of nitrogens with two attached hydrogens (primary N) is 1. The van der Waals surface area contributed by atoms with Gasteiger partial charge in [0.05, 0.1) is 6.04 Å².